The van der Waals surface area contributed by atoms with Gasteiger partial charge in [-0.2, -0.15) is 0 Å². The zero-order valence-corrected chi connectivity index (χ0v) is 17.8. The van der Waals surface area contributed by atoms with Crippen LogP contribution in [0.4, 0.5) is 14.5 Å². The lowest BCUT2D eigenvalue weighted by atomic mass is 10.0. The Morgan fingerprint density at radius 3 is 2.74 bits per heavy atom. The number of ether oxygens (including phenoxy) is 1. The summed E-state index contributed by atoms with van der Waals surface area (Å²) in [5, 5.41) is 2.90. The van der Waals surface area contributed by atoms with Crippen LogP contribution in [0.1, 0.15) is 33.8 Å². The van der Waals surface area contributed by atoms with E-state index in [0.717, 1.165) is 23.3 Å². The van der Waals surface area contributed by atoms with Crippen LogP contribution in [-0.2, 0) is 16.0 Å². The van der Waals surface area contributed by atoms with Gasteiger partial charge in [-0.05, 0) is 60.4 Å². The van der Waals surface area contributed by atoms with E-state index < -0.39 is 30.1 Å². The maximum absolute atomic E-state index is 13.8. The van der Waals surface area contributed by atoms with Gasteiger partial charge in [0.2, 0.25) is 0 Å². The van der Waals surface area contributed by atoms with Gasteiger partial charge in [-0.1, -0.05) is 18.2 Å². The third kappa shape index (κ3) is 4.17. The summed E-state index contributed by atoms with van der Waals surface area (Å²) in [6, 6.07) is 13.6. The molecule has 2 aromatic heterocycles. The Morgan fingerprint density at radius 2 is 1.94 bits per heavy atom. The van der Waals surface area contributed by atoms with Crippen molar-refractivity contribution in [2.75, 3.05) is 11.9 Å². The standard InChI is InChI=1S/C26H18F2N2O4/c27-16-8-10-22(20(28)13-16)29-23(31)14-34-26(32)24-18-5-1-2-6-21(18)30-25-15(7-9-19(24)25)12-17-4-3-11-33-17/h1-6,8,10-13H,7,9,14H2,(H,29,31)/b15-12-. The maximum atomic E-state index is 13.8. The number of allylic oxidation sites excluding steroid dienone is 1. The van der Waals surface area contributed by atoms with Crippen LogP contribution in [-0.4, -0.2) is 23.5 Å². The van der Waals surface area contributed by atoms with Crippen molar-refractivity contribution in [2.45, 2.75) is 12.8 Å². The van der Waals surface area contributed by atoms with Gasteiger partial charge in [0.05, 0.1) is 28.7 Å². The molecular weight excluding hydrogens is 442 g/mol. The van der Waals surface area contributed by atoms with Gasteiger partial charge in [-0.15, -0.1) is 0 Å². The van der Waals surface area contributed by atoms with E-state index in [2.05, 4.69) is 5.32 Å². The molecule has 0 aliphatic heterocycles. The topological polar surface area (TPSA) is 81.4 Å². The van der Waals surface area contributed by atoms with Gasteiger partial charge in [-0.3, -0.25) is 4.79 Å². The quantitative estimate of drug-likeness (QED) is 0.404. The number of fused-ring (bicyclic) bond motifs is 2. The molecule has 0 saturated carbocycles. The van der Waals surface area contributed by atoms with E-state index in [1.165, 1.54) is 0 Å². The van der Waals surface area contributed by atoms with Gasteiger partial charge >= 0.3 is 5.97 Å². The molecule has 2 heterocycles. The fourth-order valence-electron chi connectivity index (χ4n) is 4.04. The van der Waals surface area contributed by atoms with Crippen LogP contribution in [0.15, 0.2) is 65.3 Å². The molecule has 0 bridgehead atoms. The second-order valence-corrected chi connectivity index (χ2v) is 7.76. The molecule has 1 N–H and O–H groups in total. The fraction of sp³-hybridized carbons (Fsp3) is 0.115. The second-order valence-electron chi connectivity index (χ2n) is 7.76. The number of hydrogen-bond acceptors (Lipinski definition) is 5. The Bertz CT molecular complexity index is 1440. The molecule has 0 unspecified atom stereocenters. The molecule has 6 nitrogen and oxygen atoms in total. The summed E-state index contributed by atoms with van der Waals surface area (Å²) in [5.74, 6) is -2.42. The number of para-hydroxylation sites is 1. The number of carbonyl (C=O) groups excluding carboxylic acids is 2. The van der Waals surface area contributed by atoms with E-state index in [-0.39, 0.29) is 5.69 Å². The van der Waals surface area contributed by atoms with Crippen LogP contribution in [0.25, 0.3) is 22.6 Å². The van der Waals surface area contributed by atoms with Crippen LogP contribution < -0.4 is 5.32 Å². The fourth-order valence-corrected chi connectivity index (χ4v) is 4.04. The number of esters is 1. The highest BCUT2D eigenvalue weighted by Gasteiger charge is 2.28. The molecule has 0 fully saturated rings. The molecule has 8 heteroatoms. The molecule has 2 aromatic carbocycles. The van der Waals surface area contributed by atoms with Crippen LogP contribution in [0, 0.1) is 11.6 Å². The molecule has 1 aliphatic carbocycles. The van der Waals surface area contributed by atoms with Gasteiger partial charge in [-0.25, -0.2) is 18.6 Å². The molecule has 0 spiro atoms. The maximum Gasteiger partial charge on any atom is 0.339 e. The average Bonchev–Trinajstić information content (AvgIpc) is 3.48. The van der Waals surface area contributed by atoms with Crippen molar-refractivity contribution in [3.05, 3.63) is 95.1 Å². The first-order chi connectivity index (χ1) is 16.5. The highest BCUT2D eigenvalue weighted by molar-refractivity contribution is 6.08. The van der Waals surface area contributed by atoms with Crippen LogP contribution in [0.2, 0.25) is 0 Å². The monoisotopic (exact) mass is 460 g/mol. The first-order valence-corrected chi connectivity index (χ1v) is 10.6. The van der Waals surface area contributed by atoms with Gasteiger partial charge in [0, 0.05) is 11.5 Å². The summed E-state index contributed by atoms with van der Waals surface area (Å²) in [7, 11) is 0. The molecule has 170 valence electrons. The highest BCUT2D eigenvalue weighted by atomic mass is 19.1. The first-order valence-electron chi connectivity index (χ1n) is 10.6. The van der Waals surface area contributed by atoms with Crippen LogP contribution >= 0.6 is 0 Å². The number of amides is 1. The largest absolute Gasteiger partial charge is 0.465 e. The number of pyridine rings is 1. The Hall–Kier alpha value is -4.33. The van der Waals surface area contributed by atoms with E-state index in [1.54, 1.807) is 30.5 Å². The minimum atomic E-state index is -0.923. The normalized spacial score (nSPS) is 13.8. The molecule has 1 aliphatic rings. The van der Waals surface area contributed by atoms with Crippen molar-refractivity contribution in [2.24, 2.45) is 0 Å². The third-order valence-corrected chi connectivity index (χ3v) is 5.55. The van der Waals surface area contributed by atoms with E-state index >= 15 is 0 Å². The third-order valence-electron chi connectivity index (χ3n) is 5.55. The predicted molar refractivity (Wildman–Crippen MR) is 122 cm³/mol. The lowest BCUT2D eigenvalue weighted by Gasteiger charge is -2.12. The van der Waals surface area contributed by atoms with Crippen LogP contribution in [0.5, 0.6) is 0 Å². The zero-order chi connectivity index (χ0) is 23.7. The Kier molecular flexibility index (Phi) is 5.63. The van der Waals surface area contributed by atoms with Crippen molar-refractivity contribution < 1.29 is 27.5 Å². The molecule has 0 saturated heterocycles. The Labute approximate surface area is 192 Å². The Balaban J connectivity index is 1.42. The van der Waals surface area contributed by atoms with Gasteiger partial charge in [0.25, 0.3) is 5.91 Å². The number of benzene rings is 2. The average molecular weight is 460 g/mol. The number of aromatic nitrogens is 1. The molecule has 4 aromatic rings. The molecule has 0 atom stereocenters. The lowest BCUT2D eigenvalue weighted by molar-refractivity contribution is -0.119. The Morgan fingerprint density at radius 1 is 1.09 bits per heavy atom. The van der Waals surface area contributed by atoms with Crippen molar-refractivity contribution in [1.29, 1.82) is 0 Å². The van der Waals surface area contributed by atoms with Crippen molar-refractivity contribution in [1.82, 2.24) is 4.98 Å². The van der Waals surface area contributed by atoms with E-state index in [0.29, 0.717) is 46.8 Å². The van der Waals surface area contributed by atoms with E-state index in [1.807, 2.05) is 18.2 Å². The van der Waals surface area contributed by atoms with Crippen LogP contribution in [0.3, 0.4) is 0 Å². The molecule has 34 heavy (non-hydrogen) atoms. The lowest BCUT2D eigenvalue weighted by Crippen LogP contribution is -2.22. The number of nitrogens with zero attached hydrogens (tertiary/aromatic N) is 1. The number of anilines is 1. The van der Waals surface area contributed by atoms with Crippen molar-refractivity contribution in [3.8, 4) is 0 Å². The zero-order valence-electron chi connectivity index (χ0n) is 17.8. The molecular formula is C26H18F2N2O4. The molecule has 5 rings (SSSR count). The van der Waals surface area contributed by atoms with Gasteiger partial charge in [0.1, 0.15) is 17.4 Å². The van der Waals surface area contributed by atoms with Crippen molar-refractivity contribution in [3.63, 3.8) is 0 Å². The summed E-state index contributed by atoms with van der Waals surface area (Å²) in [4.78, 5) is 30.1. The summed E-state index contributed by atoms with van der Waals surface area (Å²) >= 11 is 0. The minimum Gasteiger partial charge on any atom is -0.465 e. The summed E-state index contributed by atoms with van der Waals surface area (Å²) in [5.41, 5.74) is 3.15. The number of rotatable bonds is 5. The summed E-state index contributed by atoms with van der Waals surface area (Å²) in [6.45, 7) is -0.629. The number of halogens is 2. The smallest absolute Gasteiger partial charge is 0.339 e. The SMILES string of the molecule is O=C(COC(=O)c1c2c(nc3ccccc13)/C(=C\c1ccco1)CC2)Nc1ccc(F)cc1F. The van der Waals surface area contributed by atoms with Gasteiger partial charge in [0.15, 0.2) is 6.61 Å². The first kappa shape index (κ1) is 21.5. The number of hydrogen-bond donors (Lipinski definition) is 1. The number of furan rings is 1. The molecule has 1 amide bonds. The number of nitrogens with one attached hydrogen (secondary N) is 1. The van der Waals surface area contributed by atoms with Crippen molar-refractivity contribution >= 4 is 40.1 Å². The summed E-state index contributed by atoms with van der Waals surface area (Å²) in [6.07, 6.45) is 4.73. The van der Waals surface area contributed by atoms with E-state index in [9.17, 15) is 18.4 Å². The minimum absolute atomic E-state index is 0.203. The summed E-state index contributed by atoms with van der Waals surface area (Å²) < 4.78 is 37.6. The highest BCUT2D eigenvalue weighted by Crippen LogP contribution is 2.37. The second kappa shape index (κ2) is 8.90. The van der Waals surface area contributed by atoms with E-state index in [4.69, 9.17) is 14.1 Å². The predicted octanol–water partition coefficient (Wildman–Crippen LogP) is 5.39. The number of carbonyl (C=O) groups is 2. The molecule has 0 radical (unpaired) electrons. The van der Waals surface area contributed by atoms with Gasteiger partial charge < -0.3 is 14.5 Å².